The number of esters is 2. The Kier molecular flexibility index (Phi) is 4.53. The van der Waals surface area contributed by atoms with Gasteiger partial charge in [-0.15, -0.1) is 0 Å². The van der Waals surface area contributed by atoms with Crippen LogP contribution in [0.1, 0.15) is 35.6 Å². The van der Waals surface area contributed by atoms with Crippen molar-refractivity contribution < 1.29 is 19.1 Å². The minimum atomic E-state index is -1.24. The van der Waals surface area contributed by atoms with Gasteiger partial charge in [0.1, 0.15) is 5.03 Å². The number of ether oxygens (including phenoxy) is 2. The Morgan fingerprint density at radius 1 is 1.21 bits per heavy atom. The highest BCUT2D eigenvalue weighted by molar-refractivity contribution is 7.98. The summed E-state index contributed by atoms with van der Waals surface area (Å²) < 4.78 is 19.7. The van der Waals surface area contributed by atoms with Crippen LogP contribution in [0.2, 0.25) is 0 Å². The van der Waals surface area contributed by atoms with E-state index in [-0.39, 0.29) is 5.92 Å². The van der Waals surface area contributed by atoms with E-state index in [0.29, 0.717) is 31.0 Å². The van der Waals surface area contributed by atoms with Crippen LogP contribution in [0.25, 0.3) is 0 Å². The van der Waals surface area contributed by atoms with E-state index in [1.54, 1.807) is 11.8 Å². The van der Waals surface area contributed by atoms with Crippen LogP contribution in [0.5, 0.6) is 0 Å². The fraction of sp³-hybridized carbons (Fsp3) is 0.421. The molecule has 0 aliphatic carbocycles. The number of carbonyl (C=O) groups excluding carboxylic acids is 2. The minimum Gasteiger partial charge on any atom is -0.400 e. The van der Waals surface area contributed by atoms with Crippen molar-refractivity contribution in [3.63, 3.8) is 0 Å². The molecule has 1 aromatic carbocycles. The number of thioether (sulfide) groups is 1. The summed E-state index contributed by atoms with van der Waals surface area (Å²) in [6.07, 6.45) is 1.27. The number of rotatable bonds is 4. The Labute approximate surface area is 175 Å². The Hall–Kier alpha value is -2.48. The van der Waals surface area contributed by atoms with E-state index in [2.05, 4.69) is 14.8 Å². The molecule has 3 fully saturated rings. The maximum absolute atomic E-state index is 11.6. The summed E-state index contributed by atoms with van der Waals surface area (Å²) in [5.74, 6) is -1.81. The Morgan fingerprint density at radius 3 is 2.69 bits per heavy atom. The molecule has 148 valence electrons. The number of nitriles is 1. The van der Waals surface area contributed by atoms with Crippen LogP contribution in [0, 0.1) is 17.2 Å². The van der Waals surface area contributed by atoms with Crippen LogP contribution in [0.15, 0.2) is 29.3 Å². The van der Waals surface area contributed by atoms with Crippen molar-refractivity contribution in [3.05, 3.63) is 41.1 Å². The zero-order valence-electron chi connectivity index (χ0n) is 15.2. The summed E-state index contributed by atoms with van der Waals surface area (Å²) in [4.78, 5) is 25.1. The Balaban J connectivity index is 1.30. The first-order valence-corrected chi connectivity index (χ1v) is 11.0. The number of fused-ring (bicyclic) bond motifs is 3. The SMILES string of the molecule is N#Cc1ccc(CSc2nsnc2C2CN3CC2CCC32OC(=O)C(=O)O2)cc1. The normalized spacial score (nSPS) is 26.9. The molecule has 3 aliphatic rings. The number of nitrogens with zero attached hydrogens (tertiary/aromatic N) is 4. The van der Waals surface area contributed by atoms with Gasteiger partial charge in [-0.25, -0.2) is 14.5 Å². The molecule has 1 aromatic heterocycles. The van der Waals surface area contributed by atoms with Gasteiger partial charge in [0.05, 0.1) is 29.1 Å². The molecule has 10 heteroatoms. The number of hydrogen-bond acceptors (Lipinski definition) is 10. The van der Waals surface area contributed by atoms with E-state index in [4.69, 9.17) is 14.7 Å². The molecule has 4 heterocycles. The van der Waals surface area contributed by atoms with Crippen molar-refractivity contribution >= 4 is 35.4 Å². The Bertz CT molecular complexity index is 1000. The zero-order valence-corrected chi connectivity index (χ0v) is 16.9. The summed E-state index contributed by atoms with van der Waals surface area (Å²) in [6, 6.07) is 9.65. The quantitative estimate of drug-likeness (QED) is 0.412. The van der Waals surface area contributed by atoms with Crippen molar-refractivity contribution in [3.8, 4) is 6.07 Å². The van der Waals surface area contributed by atoms with Gasteiger partial charge in [0.15, 0.2) is 0 Å². The minimum absolute atomic E-state index is 0.162. The zero-order chi connectivity index (χ0) is 20.0. The number of aromatic nitrogens is 2. The number of benzene rings is 1. The summed E-state index contributed by atoms with van der Waals surface area (Å²) >= 11 is 2.83. The molecule has 0 saturated carbocycles. The molecule has 3 unspecified atom stereocenters. The van der Waals surface area contributed by atoms with Gasteiger partial charge in [0, 0.05) is 31.2 Å². The fourth-order valence-corrected chi connectivity index (χ4v) is 5.97. The lowest BCUT2D eigenvalue weighted by Gasteiger charge is -2.37. The third-order valence-corrected chi connectivity index (χ3v) is 7.43. The highest BCUT2D eigenvalue weighted by Gasteiger charge is 2.59. The van der Waals surface area contributed by atoms with E-state index in [9.17, 15) is 9.59 Å². The van der Waals surface area contributed by atoms with Gasteiger partial charge in [-0.05, 0) is 30.0 Å². The highest BCUT2D eigenvalue weighted by Crippen LogP contribution is 2.48. The van der Waals surface area contributed by atoms with E-state index in [1.165, 1.54) is 11.7 Å². The van der Waals surface area contributed by atoms with Gasteiger partial charge in [-0.1, -0.05) is 23.9 Å². The largest absolute Gasteiger partial charge is 0.421 e. The molecule has 0 radical (unpaired) electrons. The van der Waals surface area contributed by atoms with Crippen LogP contribution in [0.3, 0.4) is 0 Å². The molecular weight excluding hydrogens is 412 g/mol. The molecular formula is C19H16N4O4S2. The maximum Gasteiger partial charge on any atom is 0.421 e. The molecule has 1 spiro atoms. The lowest BCUT2D eigenvalue weighted by molar-refractivity contribution is -0.257. The lowest BCUT2D eigenvalue weighted by Crippen LogP contribution is -2.51. The number of piperidine rings is 1. The van der Waals surface area contributed by atoms with Gasteiger partial charge >= 0.3 is 17.8 Å². The second-order valence-corrected chi connectivity index (χ2v) is 8.85. The summed E-state index contributed by atoms with van der Waals surface area (Å²) in [5, 5.41) is 9.83. The molecule has 8 nitrogen and oxygen atoms in total. The van der Waals surface area contributed by atoms with Crippen LogP contribution < -0.4 is 0 Å². The van der Waals surface area contributed by atoms with Gasteiger partial charge in [-0.2, -0.15) is 14.0 Å². The molecule has 2 bridgehead atoms. The topological polar surface area (TPSA) is 105 Å². The highest BCUT2D eigenvalue weighted by atomic mass is 32.2. The summed E-state index contributed by atoms with van der Waals surface area (Å²) in [6.45, 7) is 1.31. The van der Waals surface area contributed by atoms with E-state index in [0.717, 1.165) is 28.5 Å². The van der Waals surface area contributed by atoms with Crippen molar-refractivity contribution in [2.45, 2.75) is 35.4 Å². The summed E-state index contributed by atoms with van der Waals surface area (Å²) in [5.41, 5.74) is 2.73. The Morgan fingerprint density at radius 2 is 1.97 bits per heavy atom. The molecule has 3 saturated heterocycles. The molecule has 0 amide bonds. The van der Waals surface area contributed by atoms with E-state index >= 15 is 0 Å². The van der Waals surface area contributed by atoms with Crippen molar-refractivity contribution in [2.24, 2.45) is 5.92 Å². The van der Waals surface area contributed by atoms with Crippen LogP contribution in [-0.2, 0) is 24.8 Å². The monoisotopic (exact) mass is 428 g/mol. The molecule has 29 heavy (non-hydrogen) atoms. The van der Waals surface area contributed by atoms with E-state index in [1.807, 2.05) is 29.2 Å². The van der Waals surface area contributed by atoms with Crippen molar-refractivity contribution in [2.75, 3.05) is 13.1 Å². The molecule has 3 aliphatic heterocycles. The van der Waals surface area contributed by atoms with Crippen LogP contribution in [0.4, 0.5) is 0 Å². The van der Waals surface area contributed by atoms with Crippen molar-refractivity contribution in [1.82, 2.24) is 13.6 Å². The fourth-order valence-electron chi connectivity index (χ4n) is 4.24. The predicted octanol–water partition coefficient (Wildman–Crippen LogP) is 2.27. The number of hydrogen-bond donors (Lipinski definition) is 0. The third-order valence-electron chi connectivity index (χ3n) is 5.72. The maximum atomic E-state index is 11.6. The standard InChI is InChI=1S/C19H16N4O4S2/c20-7-11-1-3-12(4-2-11)10-28-16-15(21-29-22-16)14-9-23-8-13(14)5-6-19(23)26-17(24)18(25)27-19/h1-4,13-14H,5-6,8-10H2. The van der Waals surface area contributed by atoms with Gasteiger partial charge in [-0.3, -0.25) is 0 Å². The van der Waals surface area contributed by atoms with Gasteiger partial charge in [0.25, 0.3) is 0 Å². The van der Waals surface area contributed by atoms with Crippen LogP contribution in [-0.4, -0.2) is 44.6 Å². The third kappa shape index (κ3) is 3.19. The number of carbonyl (C=O) groups is 2. The van der Waals surface area contributed by atoms with Crippen molar-refractivity contribution in [1.29, 1.82) is 5.26 Å². The molecule has 2 aromatic rings. The first kappa shape index (κ1) is 18.5. The molecule has 0 N–H and O–H groups in total. The van der Waals surface area contributed by atoms with Gasteiger partial charge < -0.3 is 9.47 Å². The summed E-state index contributed by atoms with van der Waals surface area (Å²) in [7, 11) is 0. The second kappa shape index (κ2) is 7.09. The second-order valence-electron chi connectivity index (χ2n) is 7.35. The predicted molar refractivity (Wildman–Crippen MR) is 103 cm³/mol. The average Bonchev–Trinajstić information content (AvgIpc) is 3.41. The first-order chi connectivity index (χ1) is 14.1. The van der Waals surface area contributed by atoms with Gasteiger partial charge in [0.2, 0.25) is 0 Å². The molecule has 3 atom stereocenters. The van der Waals surface area contributed by atoms with E-state index < -0.39 is 17.8 Å². The smallest absolute Gasteiger partial charge is 0.400 e. The van der Waals surface area contributed by atoms with Crippen LogP contribution >= 0.6 is 23.5 Å². The first-order valence-electron chi connectivity index (χ1n) is 9.23. The average molecular weight is 428 g/mol. The molecule has 5 rings (SSSR count). The lowest BCUT2D eigenvalue weighted by atomic mass is 9.88.